The van der Waals surface area contributed by atoms with Crippen molar-refractivity contribution in [1.82, 2.24) is 0 Å². The Morgan fingerprint density at radius 1 is 1.15 bits per heavy atom. The van der Waals surface area contributed by atoms with E-state index in [9.17, 15) is 22.8 Å². The van der Waals surface area contributed by atoms with Crippen molar-refractivity contribution < 1.29 is 22.8 Å². The lowest BCUT2D eigenvalue weighted by atomic mass is 10.1. The first-order valence-electron chi connectivity index (χ1n) is 8.07. The molecular formula is C19H14F3N3O2. The van der Waals surface area contributed by atoms with Gasteiger partial charge in [-0.1, -0.05) is 12.1 Å². The molecule has 1 atom stereocenters. The Balaban J connectivity index is 1.76. The minimum absolute atomic E-state index is 0.131. The van der Waals surface area contributed by atoms with Crippen molar-refractivity contribution >= 4 is 23.2 Å². The Morgan fingerprint density at radius 2 is 1.81 bits per heavy atom. The fraction of sp³-hybridized carbons (Fsp3) is 0.211. The molecule has 1 aliphatic rings. The van der Waals surface area contributed by atoms with Crippen molar-refractivity contribution in [2.75, 3.05) is 16.8 Å². The van der Waals surface area contributed by atoms with Gasteiger partial charge in [-0.15, -0.1) is 0 Å². The van der Waals surface area contributed by atoms with Crippen molar-refractivity contribution in [3.05, 3.63) is 59.7 Å². The molecule has 0 spiro atoms. The summed E-state index contributed by atoms with van der Waals surface area (Å²) >= 11 is 0. The van der Waals surface area contributed by atoms with Crippen molar-refractivity contribution in [2.24, 2.45) is 5.92 Å². The molecule has 2 aromatic rings. The second-order valence-electron chi connectivity index (χ2n) is 6.10. The van der Waals surface area contributed by atoms with Crippen LogP contribution >= 0.6 is 0 Å². The van der Waals surface area contributed by atoms with E-state index in [-0.39, 0.29) is 18.7 Å². The summed E-state index contributed by atoms with van der Waals surface area (Å²) < 4.78 is 39.6. The number of para-hydroxylation sites is 1. The molecule has 0 aliphatic carbocycles. The van der Waals surface area contributed by atoms with Gasteiger partial charge in [0.2, 0.25) is 11.8 Å². The number of rotatable bonds is 3. The molecule has 0 aromatic heterocycles. The zero-order valence-electron chi connectivity index (χ0n) is 14.0. The molecule has 138 valence electrons. The molecule has 2 amide bonds. The Labute approximate surface area is 153 Å². The van der Waals surface area contributed by atoms with Crippen molar-refractivity contribution in [2.45, 2.75) is 12.6 Å². The summed E-state index contributed by atoms with van der Waals surface area (Å²) in [6.07, 6.45) is -4.77. The number of hydrogen-bond acceptors (Lipinski definition) is 3. The number of hydrogen-bond donors (Lipinski definition) is 1. The molecule has 1 heterocycles. The zero-order chi connectivity index (χ0) is 19.6. The first-order valence-corrected chi connectivity index (χ1v) is 8.07. The van der Waals surface area contributed by atoms with Gasteiger partial charge in [0.1, 0.15) is 0 Å². The third-order valence-electron chi connectivity index (χ3n) is 4.28. The maximum atomic E-state index is 13.2. The van der Waals surface area contributed by atoms with E-state index < -0.39 is 29.5 Å². The summed E-state index contributed by atoms with van der Waals surface area (Å²) in [7, 11) is 0. The zero-order valence-corrected chi connectivity index (χ0v) is 14.0. The van der Waals surface area contributed by atoms with Crippen LogP contribution < -0.4 is 10.2 Å². The van der Waals surface area contributed by atoms with Crippen LogP contribution in [0.4, 0.5) is 24.5 Å². The molecule has 27 heavy (non-hydrogen) atoms. The Kier molecular flexibility index (Phi) is 4.86. The van der Waals surface area contributed by atoms with Gasteiger partial charge >= 0.3 is 6.18 Å². The molecule has 0 bridgehead atoms. The third kappa shape index (κ3) is 3.92. The predicted octanol–water partition coefficient (Wildman–Crippen LogP) is 3.57. The minimum Gasteiger partial charge on any atom is -0.326 e. The summed E-state index contributed by atoms with van der Waals surface area (Å²) in [5.41, 5.74) is -0.283. The molecule has 1 N–H and O–H groups in total. The number of nitrogens with one attached hydrogen (secondary N) is 1. The Bertz CT molecular complexity index is 917. The molecule has 3 rings (SSSR count). The number of benzene rings is 2. The first kappa shape index (κ1) is 18.5. The molecule has 8 heteroatoms. The van der Waals surface area contributed by atoms with Gasteiger partial charge in [-0.3, -0.25) is 9.59 Å². The van der Waals surface area contributed by atoms with Gasteiger partial charge in [0, 0.05) is 18.7 Å². The average molecular weight is 373 g/mol. The number of nitrogens with zero attached hydrogens (tertiary/aromatic N) is 2. The monoisotopic (exact) mass is 373 g/mol. The van der Waals surface area contributed by atoms with Crippen molar-refractivity contribution in [3.8, 4) is 6.07 Å². The van der Waals surface area contributed by atoms with Crippen LogP contribution in [0.25, 0.3) is 0 Å². The largest absolute Gasteiger partial charge is 0.418 e. The molecule has 2 aromatic carbocycles. The Hall–Kier alpha value is -3.34. The minimum atomic E-state index is -4.60. The number of carbonyl (C=O) groups excluding carboxylic acids is 2. The van der Waals surface area contributed by atoms with Crippen LogP contribution in [0.1, 0.15) is 17.5 Å². The van der Waals surface area contributed by atoms with E-state index in [1.807, 2.05) is 6.07 Å². The molecule has 5 nitrogen and oxygen atoms in total. The van der Waals surface area contributed by atoms with E-state index in [0.29, 0.717) is 11.3 Å². The molecule has 0 radical (unpaired) electrons. The molecule has 1 fully saturated rings. The summed E-state index contributed by atoms with van der Waals surface area (Å²) in [6, 6.07) is 12.9. The average Bonchev–Trinajstić information content (AvgIpc) is 3.03. The number of halogens is 3. The maximum Gasteiger partial charge on any atom is 0.418 e. The molecule has 1 saturated heterocycles. The highest BCUT2D eigenvalue weighted by atomic mass is 19.4. The number of anilines is 2. The van der Waals surface area contributed by atoms with Gasteiger partial charge in [0.25, 0.3) is 0 Å². The van der Waals surface area contributed by atoms with Crippen molar-refractivity contribution in [1.29, 1.82) is 5.26 Å². The normalized spacial score (nSPS) is 16.9. The standard InChI is InChI=1S/C19H14F3N3O2/c20-19(21,22)15-3-1-2-4-16(15)25-11-13(9-17(25)26)18(27)24-14-7-5-12(10-23)6-8-14/h1-8,13H,9,11H2,(H,24,27). The van der Waals surface area contributed by atoms with Gasteiger partial charge < -0.3 is 10.2 Å². The van der Waals surface area contributed by atoms with Crippen LogP contribution in [0.5, 0.6) is 0 Å². The van der Waals surface area contributed by atoms with E-state index in [1.165, 1.54) is 30.3 Å². The lowest BCUT2D eigenvalue weighted by Crippen LogP contribution is -2.29. The highest BCUT2D eigenvalue weighted by molar-refractivity contribution is 6.03. The van der Waals surface area contributed by atoms with Gasteiger partial charge in [-0.2, -0.15) is 18.4 Å². The van der Waals surface area contributed by atoms with E-state index in [4.69, 9.17) is 5.26 Å². The van der Waals surface area contributed by atoms with Crippen LogP contribution in [-0.4, -0.2) is 18.4 Å². The lowest BCUT2D eigenvalue weighted by Gasteiger charge is -2.21. The molecular weight excluding hydrogens is 359 g/mol. The fourth-order valence-corrected chi connectivity index (χ4v) is 2.94. The smallest absolute Gasteiger partial charge is 0.326 e. The highest BCUT2D eigenvalue weighted by Gasteiger charge is 2.40. The fourth-order valence-electron chi connectivity index (χ4n) is 2.94. The first-order chi connectivity index (χ1) is 12.8. The van der Waals surface area contributed by atoms with E-state index in [0.717, 1.165) is 11.0 Å². The quantitative estimate of drug-likeness (QED) is 0.894. The van der Waals surface area contributed by atoms with Gasteiger partial charge in [0.15, 0.2) is 0 Å². The number of alkyl halides is 3. The van der Waals surface area contributed by atoms with Crippen LogP contribution in [0.3, 0.4) is 0 Å². The third-order valence-corrected chi connectivity index (χ3v) is 4.28. The molecule has 1 unspecified atom stereocenters. The summed E-state index contributed by atoms with van der Waals surface area (Å²) in [4.78, 5) is 25.6. The van der Waals surface area contributed by atoms with Gasteiger partial charge in [-0.05, 0) is 36.4 Å². The summed E-state index contributed by atoms with van der Waals surface area (Å²) in [6.45, 7) is -0.131. The van der Waals surface area contributed by atoms with Gasteiger partial charge in [0.05, 0.1) is 28.8 Å². The predicted molar refractivity (Wildman–Crippen MR) is 91.7 cm³/mol. The summed E-state index contributed by atoms with van der Waals surface area (Å²) in [5, 5.41) is 11.4. The molecule has 1 aliphatic heterocycles. The number of carbonyl (C=O) groups is 2. The number of nitriles is 1. The molecule has 0 saturated carbocycles. The summed E-state index contributed by atoms with van der Waals surface area (Å²) in [5.74, 6) is -1.76. The van der Waals surface area contributed by atoms with Crippen LogP contribution in [0, 0.1) is 17.2 Å². The van der Waals surface area contributed by atoms with E-state index >= 15 is 0 Å². The van der Waals surface area contributed by atoms with Crippen LogP contribution in [0.15, 0.2) is 48.5 Å². The van der Waals surface area contributed by atoms with Crippen molar-refractivity contribution in [3.63, 3.8) is 0 Å². The van der Waals surface area contributed by atoms with E-state index in [2.05, 4.69) is 5.32 Å². The van der Waals surface area contributed by atoms with Gasteiger partial charge in [-0.25, -0.2) is 0 Å². The Morgan fingerprint density at radius 3 is 2.44 bits per heavy atom. The van der Waals surface area contributed by atoms with Crippen LogP contribution in [0.2, 0.25) is 0 Å². The van der Waals surface area contributed by atoms with E-state index in [1.54, 1.807) is 12.1 Å². The highest BCUT2D eigenvalue weighted by Crippen LogP contribution is 2.38. The number of amides is 2. The lowest BCUT2D eigenvalue weighted by molar-refractivity contribution is -0.137. The topological polar surface area (TPSA) is 73.2 Å². The van der Waals surface area contributed by atoms with Crippen LogP contribution in [-0.2, 0) is 15.8 Å². The maximum absolute atomic E-state index is 13.2. The SMILES string of the molecule is N#Cc1ccc(NC(=O)C2CC(=O)N(c3ccccc3C(F)(F)F)C2)cc1. The second kappa shape index (κ2) is 7.11. The second-order valence-corrected chi connectivity index (χ2v) is 6.10.